The van der Waals surface area contributed by atoms with Crippen LogP contribution in [0.2, 0.25) is 5.02 Å². The normalized spacial score (nSPS) is 13.6. The lowest BCUT2D eigenvalue weighted by Crippen LogP contribution is -2.31. The molecule has 27 heavy (non-hydrogen) atoms. The van der Waals surface area contributed by atoms with E-state index >= 15 is 0 Å². The second-order valence-electron chi connectivity index (χ2n) is 6.60. The van der Waals surface area contributed by atoms with Gasteiger partial charge in [0.05, 0.1) is 5.41 Å². The highest BCUT2D eigenvalue weighted by Gasteiger charge is 2.37. The quantitative estimate of drug-likeness (QED) is 0.361. The van der Waals surface area contributed by atoms with E-state index in [-0.39, 0.29) is 5.75 Å². The van der Waals surface area contributed by atoms with E-state index in [1.807, 2.05) is 56.3 Å². The van der Waals surface area contributed by atoms with Crippen LogP contribution in [0.4, 0.5) is 0 Å². The summed E-state index contributed by atoms with van der Waals surface area (Å²) in [5, 5.41) is 22.9. The maximum Gasteiger partial charge on any atom is 0.115 e. The molecule has 2 N–H and O–H groups in total. The Hall–Kier alpha value is -2.85. The molecule has 0 aliphatic carbocycles. The topological polar surface area (TPSA) is 65.7 Å². The number of nitrogens with zero attached hydrogens (tertiary/aromatic N) is 2. The third-order valence-electron chi connectivity index (χ3n) is 4.88. The molecule has 0 amide bonds. The first-order valence-corrected chi connectivity index (χ1v) is 9.00. The molecule has 0 spiro atoms. The summed E-state index contributed by atoms with van der Waals surface area (Å²) in [7, 11) is 0. The monoisotopic (exact) mass is 380 g/mol. The van der Waals surface area contributed by atoms with Crippen LogP contribution in [0.1, 0.15) is 34.4 Å². The van der Waals surface area contributed by atoms with Crippen molar-refractivity contribution in [1.82, 2.24) is 4.98 Å². The van der Waals surface area contributed by atoms with Gasteiger partial charge in [-0.05, 0) is 72.5 Å². The van der Waals surface area contributed by atoms with Crippen LogP contribution in [0.3, 0.4) is 0 Å². The highest BCUT2D eigenvalue weighted by molar-refractivity contribution is 6.30. The molecule has 2 aromatic carbocycles. The number of rotatable bonds is 5. The number of halogens is 1. The fraction of sp³-hybridized carbons (Fsp3) is 0.182. The SMILES string of the molecule is Cc1cc([C@](CC=NO)(c2ccc(O)cc2)c2ccc(Cl)cc2C)ccn1. The van der Waals surface area contributed by atoms with Crippen LogP contribution >= 0.6 is 11.6 Å². The summed E-state index contributed by atoms with van der Waals surface area (Å²) in [5.74, 6) is 0.196. The van der Waals surface area contributed by atoms with Crippen molar-refractivity contribution in [1.29, 1.82) is 0 Å². The summed E-state index contributed by atoms with van der Waals surface area (Å²) < 4.78 is 0. The number of hydrogen-bond acceptors (Lipinski definition) is 4. The number of oxime groups is 1. The fourth-order valence-corrected chi connectivity index (χ4v) is 3.89. The molecule has 5 heteroatoms. The van der Waals surface area contributed by atoms with Crippen molar-refractivity contribution in [3.05, 3.63) is 93.8 Å². The Morgan fingerprint density at radius 2 is 1.78 bits per heavy atom. The largest absolute Gasteiger partial charge is 0.508 e. The Labute approximate surface area is 163 Å². The van der Waals surface area contributed by atoms with E-state index < -0.39 is 5.41 Å². The molecule has 3 rings (SSSR count). The van der Waals surface area contributed by atoms with Crippen LogP contribution in [0.5, 0.6) is 5.75 Å². The lowest BCUT2D eigenvalue weighted by molar-refractivity contribution is 0.319. The molecule has 4 nitrogen and oxygen atoms in total. The highest BCUT2D eigenvalue weighted by Crippen LogP contribution is 2.44. The standard InChI is InChI=1S/C22H21ClN2O2/c1-15-13-19(23)5-8-21(15)22(10-12-25-27,17-3-6-20(26)7-4-17)18-9-11-24-16(2)14-18/h3-9,11-14,26-27H,10H2,1-2H3/t22-/m0/s1. The van der Waals surface area contributed by atoms with Crippen LogP contribution in [-0.4, -0.2) is 21.5 Å². The van der Waals surface area contributed by atoms with E-state index in [1.165, 1.54) is 6.21 Å². The number of aromatic hydroxyl groups is 1. The molecule has 1 aromatic heterocycles. The van der Waals surface area contributed by atoms with E-state index in [1.54, 1.807) is 18.3 Å². The maximum absolute atomic E-state index is 9.78. The Morgan fingerprint density at radius 1 is 1.04 bits per heavy atom. The molecule has 0 saturated heterocycles. The first-order chi connectivity index (χ1) is 13.0. The van der Waals surface area contributed by atoms with Gasteiger partial charge in [0.2, 0.25) is 0 Å². The zero-order chi connectivity index (χ0) is 19.4. The molecule has 1 atom stereocenters. The second kappa shape index (κ2) is 7.80. The predicted octanol–water partition coefficient (Wildman–Crippen LogP) is 5.24. The molecule has 0 aliphatic heterocycles. The van der Waals surface area contributed by atoms with Gasteiger partial charge in [-0.2, -0.15) is 0 Å². The summed E-state index contributed by atoms with van der Waals surface area (Å²) in [6.45, 7) is 3.96. The van der Waals surface area contributed by atoms with E-state index in [9.17, 15) is 10.3 Å². The van der Waals surface area contributed by atoms with E-state index in [0.29, 0.717) is 11.4 Å². The first kappa shape index (κ1) is 18.9. The minimum atomic E-state index is -0.623. The highest BCUT2D eigenvalue weighted by atomic mass is 35.5. The molecule has 3 aromatic rings. The number of benzene rings is 2. The maximum atomic E-state index is 9.78. The average Bonchev–Trinajstić information content (AvgIpc) is 2.64. The third kappa shape index (κ3) is 3.67. The van der Waals surface area contributed by atoms with Gasteiger partial charge in [0.25, 0.3) is 0 Å². The molecule has 1 heterocycles. The Bertz CT molecular complexity index is 970. The van der Waals surface area contributed by atoms with Crippen LogP contribution in [0.15, 0.2) is 65.9 Å². The van der Waals surface area contributed by atoms with Gasteiger partial charge in [0.15, 0.2) is 0 Å². The minimum absolute atomic E-state index is 0.196. The Morgan fingerprint density at radius 3 is 2.41 bits per heavy atom. The van der Waals surface area contributed by atoms with Gasteiger partial charge in [-0.1, -0.05) is 29.8 Å². The number of aromatic nitrogens is 1. The lowest BCUT2D eigenvalue weighted by atomic mass is 9.66. The zero-order valence-electron chi connectivity index (χ0n) is 15.2. The number of hydrogen-bond donors (Lipinski definition) is 2. The molecular weight excluding hydrogens is 360 g/mol. The van der Waals surface area contributed by atoms with Crippen molar-refractivity contribution in [3.63, 3.8) is 0 Å². The Balaban J connectivity index is 2.39. The van der Waals surface area contributed by atoms with Gasteiger partial charge in [-0.25, -0.2) is 0 Å². The van der Waals surface area contributed by atoms with Crippen molar-refractivity contribution in [2.75, 3.05) is 0 Å². The van der Waals surface area contributed by atoms with E-state index in [2.05, 4.69) is 10.1 Å². The number of aryl methyl sites for hydroxylation is 2. The predicted molar refractivity (Wildman–Crippen MR) is 108 cm³/mol. The van der Waals surface area contributed by atoms with Crippen LogP contribution in [-0.2, 0) is 5.41 Å². The summed E-state index contributed by atoms with van der Waals surface area (Å²) in [6.07, 6.45) is 3.71. The molecule has 0 aliphatic rings. The number of phenolic OH excluding ortho intramolecular Hbond substituents is 1. The molecule has 0 saturated carbocycles. The molecule has 138 valence electrons. The fourth-order valence-electron chi connectivity index (χ4n) is 3.66. The average molecular weight is 381 g/mol. The zero-order valence-corrected chi connectivity index (χ0v) is 16.0. The minimum Gasteiger partial charge on any atom is -0.508 e. The van der Waals surface area contributed by atoms with Crippen LogP contribution in [0.25, 0.3) is 0 Å². The van der Waals surface area contributed by atoms with Crippen molar-refractivity contribution in [2.45, 2.75) is 25.7 Å². The smallest absolute Gasteiger partial charge is 0.115 e. The summed E-state index contributed by atoms with van der Waals surface area (Å²) in [5.41, 5.74) is 4.33. The van der Waals surface area contributed by atoms with E-state index in [4.69, 9.17) is 11.6 Å². The molecule has 0 bridgehead atoms. The van der Waals surface area contributed by atoms with E-state index in [0.717, 1.165) is 27.9 Å². The van der Waals surface area contributed by atoms with Gasteiger partial charge in [0, 0.05) is 29.5 Å². The van der Waals surface area contributed by atoms with Crippen LogP contribution < -0.4 is 0 Å². The third-order valence-corrected chi connectivity index (χ3v) is 5.11. The second-order valence-corrected chi connectivity index (χ2v) is 7.04. The number of phenols is 1. The summed E-state index contributed by atoms with van der Waals surface area (Å²) in [6, 6.07) is 16.9. The van der Waals surface area contributed by atoms with Gasteiger partial charge in [-0.3, -0.25) is 4.98 Å². The lowest BCUT2D eigenvalue weighted by Gasteiger charge is -2.36. The van der Waals surface area contributed by atoms with Crippen molar-refractivity contribution in [2.24, 2.45) is 5.16 Å². The molecular formula is C22H21ClN2O2. The van der Waals surface area contributed by atoms with Gasteiger partial charge in [0.1, 0.15) is 5.75 Å². The Kier molecular flexibility index (Phi) is 5.47. The van der Waals surface area contributed by atoms with Crippen molar-refractivity contribution < 1.29 is 10.3 Å². The van der Waals surface area contributed by atoms with Gasteiger partial charge >= 0.3 is 0 Å². The van der Waals surface area contributed by atoms with Gasteiger partial charge in [-0.15, -0.1) is 5.16 Å². The number of pyridine rings is 1. The summed E-state index contributed by atoms with van der Waals surface area (Å²) >= 11 is 6.20. The molecule has 0 radical (unpaired) electrons. The van der Waals surface area contributed by atoms with Gasteiger partial charge < -0.3 is 10.3 Å². The molecule has 0 unspecified atom stereocenters. The van der Waals surface area contributed by atoms with Crippen LogP contribution in [0, 0.1) is 13.8 Å². The van der Waals surface area contributed by atoms with Crippen molar-refractivity contribution >= 4 is 17.8 Å². The summed E-state index contributed by atoms with van der Waals surface area (Å²) in [4.78, 5) is 4.33. The van der Waals surface area contributed by atoms with Crippen molar-refractivity contribution in [3.8, 4) is 5.75 Å². The molecule has 0 fully saturated rings. The first-order valence-electron chi connectivity index (χ1n) is 8.62.